The molecule has 7 atom stereocenters. The van der Waals surface area contributed by atoms with Gasteiger partial charge in [-0.25, -0.2) is 4.79 Å². The summed E-state index contributed by atoms with van der Waals surface area (Å²) in [5.41, 5.74) is 1.35. The van der Waals surface area contributed by atoms with Crippen molar-refractivity contribution in [3.05, 3.63) is 23.8 Å². The van der Waals surface area contributed by atoms with Crippen LogP contribution in [-0.2, 0) is 38.1 Å². The molecule has 216 valence electrons. The van der Waals surface area contributed by atoms with Crippen LogP contribution in [0.25, 0.3) is 0 Å². The fourth-order valence-corrected chi connectivity index (χ4v) is 5.52. The molecule has 2 unspecified atom stereocenters. The lowest BCUT2D eigenvalue weighted by Crippen LogP contribution is -2.26. The second-order valence-electron chi connectivity index (χ2n) is 10.5. The number of unbranched alkanes of at least 4 members (excludes halogenated alkanes) is 1. The van der Waals surface area contributed by atoms with Gasteiger partial charge in [-0.15, -0.1) is 11.8 Å². The average molecular weight is 545 g/mol. The Kier molecular flexibility index (Phi) is 13.3. The zero-order chi connectivity index (χ0) is 28.9. The molecule has 39 heavy (non-hydrogen) atoms. The monoisotopic (exact) mass is 544 g/mol. The molecule has 0 aromatic carbocycles. The summed E-state index contributed by atoms with van der Waals surface area (Å²) in [6.07, 6.45) is 9.59. The molecule has 2 rings (SSSR count). The summed E-state index contributed by atoms with van der Waals surface area (Å²) in [5, 5.41) is 0. The standard InChI is InChI=1S/C31H44O8/c1-7-9-12-20(3)28(38-22(5)32)16-15-26-27-18-24(17-25(27)19-29(26)39-23(6)33)13-10-11-14-30(34)37-21(4)31(35)36-8-2/h13,15-16,20-21,25-29H,8,10-12,14,17-19H2,1-6H3/t20?,21?,25-,26+,27-,28+,29+/m0/s1. The molecule has 2 aliphatic carbocycles. The van der Waals surface area contributed by atoms with Gasteiger partial charge in [-0.05, 0) is 70.8 Å². The Morgan fingerprint density at radius 2 is 1.82 bits per heavy atom. The van der Waals surface area contributed by atoms with E-state index in [-0.39, 0.29) is 42.9 Å². The van der Waals surface area contributed by atoms with Gasteiger partial charge in [-0.2, -0.15) is 0 Å². The molecule has 2 fully saturated rings. The predicted molar refractivity (Wildman–Crippen MR) is 146 cm³/mol. The van der Waals surface area contributed by atoms with Crippen LogP contribution in [0.2, 0.25) is 0 Å². The second kappa shape index (κ2) is 16.1. The van der Waals surface area contributed by atoms with E-state index in [2.05, 4.69) is 24.0 Å². The van der Waals surface area contributed by atoms with E-state index < -0.39 is 24.1 Å². The van der Waals surface area contributed by atoms with Gasteiger partial charge >= 0.3 is 23.9 Å². The number of fused-ring (bicyclic) bond motifs is 1. The van der Waals surface area contributed by atoms with E-state index in [4.69, 9.17) is 18.9 Å². The van der Waals surface area contributed by atoms with Gasteiger partial charge in [0, 0.05) is 38.5 Å². The van der Waals surface area contributed by atoms with E-state index >= 15 is 0 Å². The molecule has 2 aliphatic rings. The molecule has 0 N–H and O–H groups in total. The number of carbonyl (C=O) groups excluding carboxylic acids is 4. The third-order valence-corrected chi connectivity index (χ3v) is 7.34. The number of allylic oxidation sites excluding steroid dienone is 2. The molecule has 8 heteroatoms. The maximum Gasteiger partial charge on any atom is 0.347 e. The van der Waals surface area contributed by atoms with Crippen molar-refractivity contribution >= 4 is 23.9 Å². The molecule has 0 amide bonds. The van der Waals surface area contributed by atoms with Crippen LogP contribution >= 0.6 is 0 Å². The average Bonchev–Trinajstić information content (AvgIpc) is 3.39. The Morgan fingerprint density at radius 1 is 1.08 bits per heavy atom. The third-order valence-electron chi connectivity index (χ3n) is 7.34. The van der Waals surface area contributed by atoms with Gasteiger partial charge in [-0.1, -0.05) is 24.6 Å². The number of carbonyl (C=O) groups is 4. The zero-order valence-electron chi connectivity index (χ0n) is 24.2. The maximum absolute atomic E-state index is 12.0. The molecule has 0 aromatic rings. The number of esters is 4. The van der Waals surface area contributed by atoms with E-state index in [1.807, 2.05) is 13.0 Å². The molecule has 0 bridgehead atoms. The summed E-state index contributed by atoms with van der Waals surface area (Å²) < 4.78 is 21.3. The van der Waals surface area contributed by atoms with Crippen LogP contribution in [0.4, 0.5) is 0 Å². The zero-order valence-corrected chi connectivity index (χ0v) is 24.2. The van der Waals surface area contributed by atoms with Crippen molar-refractivity contribution in [3.8, 4) is 11.8 Å². The Labute approximate surface area is 232 Å². The fraction of sp³-hybridized carbons (Fsp3) is 0.677. The van der Waals surface area contributed by atoms with Crippen LogP contribution in [0.3, 0.4) is 0 Å². The van der Waals surface area contributed by atoms with Crippen molar-refractivity contribution in [2.24, 2.45) is 23.7 Å². The first-order valence-electron chi connectivity index (χ1n) is 14.0. The van der Waals surface area contributed by atoms with Crippen LogP contribution in [-0.4, -0.2) is 48.8 Å². The van der Waals surface area contributed by atoms with Crippen molar-refractivity contribution in [1.29, 1.82) is 0 Å². The Morgan fingerprint density at radius 3 is 2.46 bits per heavy atom. The number of hydrogen-bond donors (Lipinski definition) is 0. The summed E-state index contributed by atoms with van der Waals surface area (Å²) in [6, 6.07) is 0. The highest BCUT2D eigenvalue weighted by molar-refractivity contribution is 5.79. The van der Waals surface area contributed by atoms with Crippen molar-refractivity contribution in [3.63, 3.8) is 0 Å². The molecule has 8 nitrogen and oxygen atoms in total. The van der Waals surface area contributed by atoms with Gasteiger partial charge in [0.05, 0.1) is 6.61 Å². The summed E-state index contributed by atoms with van der Waals surface area (Å²) in [6.45, 7) is 10.1. The molecule has 0 spiro atoms. The van der Waals surface area contributed by atoms with E-state index in [1.54, 1.807) is 13.8 Å². The smallest absolute Gasteiger partial charge is 0.347 e. The second-order valence-corrected chi connectivity index (χ2v) is 10.5. The molecular weight excluding hydrogens is 500 g/mol. The van der Waals surface area contributed by atoms with Crippen LogP contribution in [0.15, 0.2) is 23.8 Å². The number of rotatable bonds is 13. The molecule has 0 aliphatic heterocycles. The summed E-state index contributed by atoms with van der Waals surface area (Å²) >= 11 is 0. The highest BCUT2D eigenvalue weighted by Gasteiger charge is 2.47. The SMILES string of the molecule is CC#CCC(C)[C@@H](C=C[C@@H]1[C@H]2CC(=CCCCC(=O)OC(C)C(=O)OCC)C[C@H]2C[C@H]1OC(C)=O)OC(C)=O. The highest BCUT2D eigenvalue weighted by atomic mass is 16.6. The molecule has 0 saturated heterocycles. The normalized spacial score (nSPS) is 25.2. The van der Waals surface area contributed by atoms with Crippen LogP contribution in [0.1, 0.15) is 86.5 Å². The van der Waals surface area contributed by atoms with Crippen molar-refractivity contribution < 1.29 is 38.1 Å². The summed E-state index contributed by atoms with van der Waals surface area (Å²) in [5.74, 6) is 5.17. The van der Waals surface area contributed by atoms with Crippen molar-refractivity contribution in [2.75, 3.05) is 6.61 Å². The largest absolute Gasteiger partial charge is 0.463 e. The van der Waals surface area contributed by atoms with Crippen molar-refractivity contribution in [1.82, 2.24) is 0 Å². The Balaban J connectivity index is 1.99. The van der Waals surface area contributed by atoms with Gasteiger partial charge in [0.15, 0.2) is 6.10 Å². The number of hydrogen-bond acceptors (Lipinski definition) is 8. The highest BCUT2D eigenvalue weighted by Crippen LogP contribution is 2.51. The predicted octanol–water partition coefficient (Wildman–Crippen LogP) is 5.09. The fourth-order valence-electron chi connectivity index (χ4n) is 5.52. The molecule has 2 saturated carbocycles. The molecular formula is C31H44O8. The van der Waals surface area contributed by atoms with Crippen LogP contribution in [0, 0.1) is 35.5 Å². The maximum atomic E-state index is 12.0. The molecule has 0 aromatic heterocycles. The van der Waals surface area contributed by atoms with Crippen LogP contribution in [0.5, 0.6) is 0 Å². The first-order valence-corrected chi connectivity index (χ1v) is 14.0. The third kappa shape index (κ3) is 10.5. The summed E-state index contributed by atoms with van der Waals surface area (Å²) in [4.78, 5) is 47.2. The van der Waals surface area contributed by atoms with Gasteiger partial charge < -0.3 is 18.9 Å². The minimum absolute atomic E-state index is 0.0339. The van der Waals surface area contributed by atoms with Gasteiger partial charge in [0.1, 0.15) is 12.2 Å². The van der Waals surface area contributed by atoms with Crippen molar-refractivity contribution in [2.45, 2.75) is 105 Å². The lowest BCUT2D eigenvalue weighted by Gasteiger charge is -2.23. The van der Waals surface area contributed by atoms with Gasteiger partial charge in [0.2, 0.25) is 0 Å². The molecule has 0 radical (unpaired) electrons. The lowest BCUT2D eigenvalue weighted by molar-refractivity contribution is -0.166. The van der Waals surface area contributed by atoms with E-state index in [9.17, 15) is 19.2 Å². The number of ether oxygens (including phenoxy) is 4. The van der Waals surface area contributed by atoms with Crippen LogP contribution < -0.4 is 0 Å². The summed E-state index contributed by atoms with van der Waals surface area (Å²) in [7, 11) is 0. The Hall–Kier alpha value is -3.08. The van der Waals surface area contributed by atoms with E-state index in [1.165, 1.54) is 26.3 Å². The topological polar surface area (TPSA) is 105 Å². The van der Waals surface area contributed by atoms with E-state index in [0.29, 0.717) is 24.7 Å². The molecule has 0 heterocycles. The van der Waals surface area contributed by atoms with Gasteiger partial charge in [0.25, 0.3) is 0 Å². The first kappa shape index (κ1) is 32.1. The lowest BCUT2D eigenvalue weighted by atomic mass is 9.89. The first-order chi connectivity index (χ1) is 18.5. The minimum atomic E-state index is -0.900. The Bertz CT molecular complexity index is 984. The minimum Gasteiger partial charge on any atom is -0.463 e. The quantitative estimate of drug-likeness (QED) is 0.104. The van der Waals surface area contributed by atoms with Gasteiger partial charge in [-0.3, -0.25) is 14.4 Å². The van der Waals surface area contributed by atoms with E-state index in [0.717, 1.165) is 25.7 Å².